The van der Waals surface area contributed by atoms with Crippen LogP contribution in [0.4, 0.5) is 0 Å². The van der Waals surface area contributed by atoms with Crippen molar-refractivity contribution in [2.24, 2.45) is 5.92 Å². The molecule has 2 N–H and O–H groups in total. The summed E-state index contributed by atoms with van der Waals surface area (Å²) >= 11 is 0. The standard InChI is InChI=1S/C29H37N3O4/c1-21-17-32(22(2)20-33)28(34)25-15-24(11-14-29(35)12-7-8-13-29)16-30-27(25)36-26(21)19-31(3)18-23-9-5-4-6-10-23/h4-6,9-10,15-16,21-22,26,33,35H,7-8,12-13,17-20H2,1-3H3/t21-,22+,26+/m1/s1. The normalized spacial score (nSPS) is 22.2. The molecule has 192 valence electrons. The molecule has 2 aliphatic rings. The van der Waals surface area contributed by atoms with Gasteiger partial charge in [-0.05, 0) is 51.3 Å². The number of amides is 1. The zero-order valence-electron chi connectivity index (χ0n) is 21.5. The van der Waals surface area contributed by atoms with Gasteiger partial charge < -0.3 is 19.8 Å². The number of ether oxygens (including phenoxy) is 1. The number of hydrogen-bond donors (Lipinski definition) is 2. The Bertz CT molecular complexity index is 1100. The van der Waals surface area contributed by atoms with Gasteiger partial charge in [0, 0.05) is 37.3 Å². The Morgan fingerprint density at radius 3 is 2.69 bits per heavy atom. The number of aromatic nitrogens is 1. The molecule has 0 spiro atoms. The van der Waals surface area contributed by atoms with E-state index in [1.54, 1.807) is 17.2 Å². The van der Waals surface area contributed by atoms with Crippen molar-refractivity contribution in [2.75, 3.05) is 26.7 Å². The number of pyridine rings is 1. The first kappa shape index (κ1) is 26.2. The molecule has 7 heteroatoms. The fraction of sp³-hybridized carbons (Fsp3) is 0.517. The molecule has 1 aliphatic carbocycles. The molecule has 0 bridgehead atoms. The lowest BCUT2D eigenvalue weighted by atomic mass is 9.99. The van der Waals surface area contributed by atoms with E-state index in [-0.39, 0.29) is 36.5 Å². The van der Waals surface area contributed by atoms with Gasteiger partial charge in [0.05, 0.1) is 12.6 Å². The van der Waals surface area contributed by atoms with Crippen LogP contribution in [0.15, 0.2) is 42.6 Å². The number of aliphatic hydroxyl groups excluding tert-OH is 1. The van der Waals surface area contributed by atoms with Gasteiger partial charge in [-0.25, -0.2) is 4.98 Å². The van der Waals surface area contributed by atoms with Crippen molar-refractivity contribution >= 4 is 5.91 Å². The summed E-state index contributed by atoms with van der Waals surface area (Å²) in [6.45, 7) is 5.67. The second kappa shape index (κ2) is 11.4. The summed E-state index contributed by atoms with van der Waals surface area (Å²) in [4.78, 5) is 22.0. The highest BCUT2D eigenvalue weighted by molar-refractivity contribution is 5.97. The molecular formula is C29H37N3O4. The molecule has 36 heavy (non-hydrogen) atoms. The maximum absolute atomic E-state index is 13.6. The number of fused-ring (bicyclic) bond motifs is 1. The number of nitrogens with zero attached hydrogens (tertiary/aromatic N) is 3. The van der Waals surface area contributed by atoms with Crippen LogP contribution in [0.1, 0.15) is 61.0 Å². The minimum atomic E-state index is -0.966. The van der Waals surface area contributed by atoms with Crippen LogP contribution in [0.3, 0.4) is 0 Å². The SMILES string of the molecule is C[C@@H]1CN([C@@H](C)CO)C(=O)c2cc(C#CC3(O)CCCC3)cnc2O[C@H]1CN(C)Cc1ccccc1. The highest BCUT2D eigenvalue weighted by Gasteiger charge is 2.34. The molecule has 0 radical (unpaired) electrons. The van der Waals surface area contributed by atoms with E-state index in [0.717, 1.165) is 19.4 Å². The van der Waals surface area contributed by atoms with Gasteiger partial charge >= 0.3 is 0 Å². The number of rotatable bonds is 6. The van der Waals surface area contributed by atoms with E-state index in [2.05, 4.69) is 47.8 Å². The Morgan fingerprint density at radius 1 is 1.28 bits per heavy atom. The fourth-order valence-corrected chi connectivity index (χ4v) is 4.93. The molecule has 3 atom stereocenters. The molecule has 0 unspecified atom stereocenters. The van der Waals surface area contributed by atoms with Gasteiger partial charge in [-0.1, -0.05) is 49.1 Å². The molecular weight excluding hydrogens is 454 g/mol. The predicted octanol–water partition coefficient (Wildman–Crippen LogP) is 3.09. The van der Waals surface area contributed by atoms with Gasteiger partial charge in [0.25, 0.3) is 5.91 Å². The van der Waals surface area contributed by atoms with Crippen LogP contribution in [0.2, 0.25) is 0 Å². The molecule has 7 nitrogen and oxygen atoms in total. The average molecular weight is 492 g/mol. The Labute approximate surface area is 214 Å². The number of benzene rings is 1. The van der Waals surface area contributed by atoms with Crippen molar-refractivity contribution in [2.45, 2.75) is 63.8 Å². The lowest BCUT2D eigenvalue weighted by Crippen LogP contribution is -2.49. The van der Waals surface area contributed by atoms with Crippen molar-refractivity contribution in [1.29, 1.82) is 0 Å². The quantitative estimate of drug-likeness (QED) is 0.604. The first-order chi connectivity index (χ1) is 17.3. The highest BCUT2D eigenvalue weighted by atomic mass is 16.5. The van der Waals surface area contributed by atoms with Crippen LogP contribution >= 0.6 is 0 Å². The molecule has 4 rings (SSSR count). The molecule has 1 aromatic carbocycles. The zero-order valence-corrected chi connectivity index (χ0v) is 21.5. The number of aliphatic hydroxyl groups is 2. The van der Waals surface area contributed by atoms with Crippen LogP contribution < -0.4 is 4.74 Å². The molecule has 1 aliphatic heterocycles. The third-order valence-electron chi connectivity index (χ3n) is 7.18. The summed E-state index contributed by atoms with van der Waals surface area (Å²) < 4.78 is 6.38. The number of carbonyl (C=O) groups is 1. The minimum absolute atomic E-state index is 0.0206. The monoisotopic (exact) mass is 491 g/mol. The predicted molar refractivity (Wildman–Crippen MR) is 138 cm³/mol. The van der Waals surface area contributed by atoms with Gasteiger partial charge in [0.2, 0.25) is 5.88 Å². The van der Waals surface area contributed by atoms with Crippen molar-refractivity contribution < 1.29 is 19.7 Å². The molecule has 1 aromatic heterocycles. The number of carbonyl (C=O) groups excluding carboxylic acids is 1. The molecule has 1 fully saturated rings. The van der Waals surface area contributed by atoms with E-state index in [1.165, 1.54) is 5.56 Å². The topological polar surface area (TPSA) is 86.1 Å². The molecule has 2 aromatic rings. The summed E-state index contributed by atoms with van der Waals surface area (Å²) in [6, 6.07) is 11.6. The summed E-state index contributed by atoms with van der Waals surface area (Å²) in [5, 5.41) is 20.5. The van der Waals surface area contributed by atoms with Crippen LogP contribution in [0.25, 0.3) is 0 Å². The van der Waals surface area contributed by atoms with E-state index in [0.29, 0.717) is 37.1 Å². The van der Waals surface area contributed by atoms with E-state index >= 15 is 0 Å². The third kappa shape index (κ3) is 6.25. The van der Waals surface area contributed by atoms with E-state index < -0.39 is 5.60 Å². The second-order valence-electron chi connectivity index (χ2n) is 10.4. The Hall–Kier alpha value is -2.92. The van der Waals surface area contributed by atoms with Crippen LogP contribution in [-0.4, -0.2) is 75.4 Å². The smallest absolute Gasteiger partial charge is 0.259 e. The first-order valence-electron chi connectivity index (χ1n) is 12.8. The van der Waals surface area contributed by atoms with Gasteiger partial charge in [0.1, 0.15) is 17.3 Å². The molecule has 1 saturated carbocycles. The maximum Gasteiger partial charge on any atom is 0.259 e. The van der Waals surface area contributed by atoms with Crippen LogP contribution in [0.5, 0.6) is 5.88 Å². The van der Waals surface area contributed by atoms with Gasteiger partial charge in [-0.3, -0.25) is 9.69 Å². The summed E-state index contributed by atoms with van der Waals surface area (Å²) in [7, 11) is 2.06. The van der Waals surface area contributed by atoms with Crippen molar-refractivity contribution in [3.05, 3.63) is 59.3 Å². The lowest BCUT2D eigenvalue weighted by Gasteiger charge is -2.37. The Morgan fingerprint density at radius 2 is 2.00 bits per heavy atom. The first-order valence-corrected chi connectivity index (χ1v) is 12.8. The summed E-state index contributed by atoms with van der Waals surface area (Å²) in [5.41, 5.74) is 1.15. The van der Waals surface area contributed by atoms with Crippen molar-refractivity contribution in [3.63, 3.8) is 0 Å². The maximum atomic E-state index is 13.6. The van der Waals surface area contributed by atoms with E-state index in [9.17, 15) is 15.0 Å². The second-order valence-corrected chi connectivity index (χ2v) is 10.4. The van der Waals surface area contributed by atoms with Crippen molar-refractivity contribution in [1.82, 2.24) is 14.8 Å². The zero-order chi connectivity index (χ0) is 25.7. The molecule has 1 amide bonds. The average Bonchev–Trinajstić information content (AvgIpc) is 3.31. The van der Waals surface area contributed by atoms with Crippen molar-refractivity contribution in [3.8, 4) is 17.7 Å². The van der Waals surface area contributed by atoms with E-state index in [4.69, 9.17) is 4.74 Å². The molecule has 2 heterocycles. The molecule has 0 saturated heterocycles. The lowest BCUT2D eigenvalue weighted by molar-refractivity contribution is 0.0325. The largest absolute Gasteiger partial charge is 0.472 e. The third-order valence-corrected chi connectivity index (χ3v) is 7.18. The van der Waals surface area contributed by atoms with Crippen LogP contribution in [-0.2, 0) is 6.54 Å². The number of hydrogen-bond acceptors (Lipinski definition) is 6. The Kier molecular flexibility index (Phi) is 8.30. The summed E-state index contributed by atoms with van der Waals surface area (Å²) in [5.74, 6) is 6.08. The van der Waals surface area contributed by atoms with Gasteiger partial charge in [-0.15, -0.1) is 0 Å². The number of likely N-dealkylation sites (N-methyl/N-ethyl adjacent to an activating group) is 1. The minimum Gasteiger partial charge on any atom is -0.472 e. The van der Waals surface area contributed by atoms with Gasteiger partial charge in [0.15, 0.2) is 0 Å². The van der Waals surface area contributed by atoms with E-state index in [1.807, 2.05) is 25.1 Å². The summed E-state index contributed by atoms with van der Waals surface area (Å²) in [6.07, 6.45) is 4.66. The highest BCUT2D eigenvalue weighted by Crippen LogP contribution is 2.30. The van der Waals surface area contributed by atoms with Crippen LogP contribution in [0, 0.1) is 17.8 Å². The fourth-order valence-electron chi connectivity index (χ4n) is 4.93. The van der Waals surface area contributed by atoms with Gasteiger partial charge in [-0.2, -0.15) is 0 Å². The Balaban J connectivity index is 1.61.